The predicted octanol–water partition coefficient (Wildman–Crippen LogP) is 4.14. The number of para-hydroxylation sites is 3. The topological polar surface area (TPSA) is 114 Å². The first-order valence-corrected chi connectivity index (χ1v) is 11.5. The van der Waals surface area contributed by atoms with Gasteiger partial charge in [0.2, 0.25) is 0 Å². The van der Waals surface area contributed by atoms with Crippen LogP contribution in [0.1, 0.15) is 5.56 Å². The van der Waals surface area contributed by atoms with Gasteiger partial charge in [-0.3, -0.25) is 19.7 Å². The Bertz CT molecular complexity index is 1370. The van der Waals surface area contributed by atoms with Gasteiger partial charge in [-0.2, -0.15) is 0 Å². The minimum absolute atomic E-state index is 0.257. The second-order valence-electron chi connectivity index (χ2n) is 7.51. The van der Waals surface area contributed by atoms with E-state index < -0.39 is 23.8 Å². The largest absolute Gasteiger partial charge is 0.495 e. The summed E-state index contributed by atoms with van der Waals surface area (Å²) in [4.78, 5) is 51.4. The highest BCUT2D eigenvalue weighted by molar-refractivity contribution is 9.10. The zero-order chi connectivity index (χ0) is 25.7. The van der Waals surface area contributed by atoms with Crippen molar-refractivity contribution in [1.29, 1.82) is 0 Å². The van der Waals surface area contributed by atoms with Crippen LogP contribution in [0.3, 0.4) is 0 Å². The maximum atomic E-state index is 13.1. The lowest BCUT2D eigenvalue weighted by Gasteiger charge is -2.26. The first-order valence-electron chi connectivity index (χ1n) is 10.7. The van der Waals surface area contributed by atoms with Gasteiger partial charge in [-0.1, -0.05) is 46.3 Å². The van der Waals surface area contributed by atoms with Gasteiger partial charge in [-0.15, -0.1) is 0 Å². The van der Waals surface area contributed by atoms with Crippen LogP contribution in [-0.2, 0) is 14.4 Å². The molecular weight excluding hydrogens is 530 g/mol. The summed E-state index contributed by atoms with van der Waals surface area (Å²) in [6.45, 7) is -0.331. The van der Waals surface area contributed by atoms with Gasteiger partial charge in [-0.05, 0) is 48.5 Å². The molecule has 1 fully saturated rings. The summed E-state index contributed by atoms with van der Waals surface area (Å²) in [5.74, 6) is -1.27. The number of hydrogen-bond acceptors (Lipinski definition) is 6. The van der Waals surface area contributed by atoms with Crippen LogP contribution in [0.25, 0.3) is 6.08 Å². The van der Waals surface area contributed by atoms with Gasteiger partial charge < -0.3 is 14.8 Å². The molecule has 0 aromatic heterocycles. The number of barbiturate groups is 1. The molecule has 4 rings (SSSR count). The van der Waals surface area contributed by atoms with Crippen LogP contribution >= 0.6 is 15.9 Å². The first kappa shape index (κ1) is 24.7. The highest BCUT2D eigenvalue weighted by Crippen LogP contribution is 2.27. The highest BCUT2D eigenvalue weighted by atomic mass is 79.9. The molecule has 0 radical (unpaired) electrons. The molecule has 1 aliphatic rings. The zero-order valence-corrected chi connectivity index (χ0v) is 20.6. The van der Waals surface area contributed by atoms with Gasteiger partial charge in [0.15, 0.2) is 6.61 Å². The molecular formula is C26H20BrN3O6. The Morgan fingerprint density at radius 1 is 0.972 bits per heavy atom. The number of methoxy groups -OCH3 is 1. The van der Waals surface area contributed by atoms with Gasteiger partial charge in [0.1, 0.15) is 17.1 Å². The number of hydrogen-bond donors (Lipinski definition) is 2. The standard InChI is InChI=1S/C26H20BrN3O6/c1-35-22-9-5-3-7-20(22)28-23(31)15-36-21-8-4-2-6-16(21)14-19-24(32)29-26(34)30(25(19)33)18-12-10-17(27)11-13-18/h2-14H,15H2,1H3,(H,28,31)(H,29,32,34)/b19-14+. The van der Waals surface area contributed by atoms with E-state index in [2.05, 4.69) is 26.6 Å². The molecule has 3 aromatic carbocycles. The van der Waals surface area contributed by atoms with Gasteiger partial charge in [0.25, 0.3) is 17.7 Å². The Hall–Kier alpha value is -4.44. The molecule has 182 valence electrons. The molecule has 9 nitrogen and oxygen atoms in total. The van der Waals surface area contributed by atoms with Crippen molar-refractivity contribution in [3.63, 3.8) is 0 Å². The SMILES string of the molecule is COc1ccccc1NC(=O)COc1ccccc1/C=C1\C(=O)NC(=O)N(c2ccc(Br)cc2)C1=O. The molecule has 0 aliphatic carbocycles. The summed E-state index contributed by atoms with van der Waals surface area (Å²) in [7, 11) is 1.50. The van der Waals surface area contributed by atoms with E-state index in [1.54, 1.807) is 72.8 Å². The second-order valence-corrected chi connectivity index (χ2v) is 8.42. The number of imide groups is 2. The molecule has 36 heavy (non-hydrogen) atoms. The molecule has 1 aliphatic heterocycles. The maximum Gasteiger partial charge on any atom is 0.335 e. The van der Waals surface area contributed by atoms with Crippen molar-refractivity contribution >= 4 is 57.1 Å². The Kier molecular flexibility index (Phi) is 7.45. The number of rotatable bonds is 7. The number of urea groups is 1. The third-order valence-corrected chi connectivity index (χ3v) is 5.67. The Balaban J connectivity index is 1.54. The van der Waals surface area contributed by atoms with Crippen molar-refractivity contribution in [3.8, 4) is 11.5 Å². The monoisotopic (exact) mass is 549 g/mol. The smallest absolute Gasteiger partial charge is 0.335 e. The van der Waals surface area contributed by atoms with Crippen molar-refractivity contribution in [2.75, 3.05) is 23.9 Å². The molecule has 0 atom stereocenters. The number of amides is 5. The van der Waals surface area contributed by atoms with Crippen LogP contribution in [0, 0.1) is 0 Å². The molecule has 10 heteroatoms. The Labute approximate surface area is 214 Å². The molecule has 1 heterocycles. The third kappa shape index (κ3) is 5.44. The molecule has 2 N–H and O–H groups in total. The van der Waals surface area contributed by atoms with E-state index >= 15 is 0 Å². The maximum absolute atomic E-state index is 13.1. The minimum atomic E-state index is -0.845. The number of nitrogens with zero attached hydrogens (tertiary/aromatic N) is 1. The summed E-state index contributed by atoms with van der Waals surface area (Å²) >= 11 is 3.31. The summed E-state index contributed by atoms with van der Waals surface area (Å²) < 4.78 is 11.7. The predicted molar refractivity (Wildman–Crippen MR) is 137 cm³/mol. The normalized spacial score (nSPS) is 14.4. The Morgan fingerprint density at radius 3 is 2.36 bits per heavy atom. The van der Waals surface area contributed by atoms with Crippen LogP contribution in [0.15, 0.2) is 82.8 Å². The third-order valence-electron chi connectivity index (χ3n) is 5.15. The van der Waals surface area contributed by atoms with Crippen LogP contribution in [-0.4, -0.2) is 37.5 Å². The van der Waals surface area contributed by atoms with Crippen molar-refractivity contribution in [2.45, 2.75) is 0 Å². The summed E-state index contributed by atoms with van der Waals surface area (Å²) in [6, 6.07) is 19.2. The van der Waals surface area contributed by atoms with Gasteiger partial charge in [0.05, 0.1) is 18.5 Å². The molecule has 0 saturated carbocycles. The van der Waals surface area contributed by atoms with Crippen LogP contribution < -0.4 is 25.0 Å². The summed E-state index contributed by atoms with van der Waals surface area (Å²) in [5.41, 5.74) is 0.918. The van der Waals surface area contributed by atoms with Crippen molar-refractivity contribution < 1.29 is 28.7 Å². The molecule has 5 amide bonds. The first-order chi connectivity index (χ1) is 17.4. The van der Waals surface area contributed by atoms with E-state index in [9.17, 15) is 19.2 Å². The zero-order valence-electron chi connectivity index (χ0n) is 19.0. The van der Waals surface area contributed by atoms with Crippen LogP contribution in [0.4, 0.5) is 16.2 Å². The van der Waals surface area contributed by atoms with E-state index in [-0.39, 0.29) is 17.9 Å². The number of ether oxygens (including phenoxy) is 2. The van der Waals surface area contributed by atoms with Crippen molar-refractivity contribution in [3.05, 3.63) is 88.4 Å². The number of carbonyl (C=O) groups is 4. The average molecular weight is 550 g/mol. The number of benzene rings is 3. The summed E-state index contributed by atoms with van der Waals surface area (Å²) in [6.07, 6.45) is 1.32. The molecule has 0 unspecified atom stereocenters. The lowest BCUT2D eigenvalue weighted by atomic mass is 10.1. The second kappa shape index (κ2) is 10.9. The molecule has 0 bridgehead atoms. The molecule has 3 aromatic rings. The number of nitrogens with one attached hydrogen (secondary N) is 2. The van der Waals surface area contributed by atoms with Gasteiger partial charge in [-0.25, -0.2) is 9.69 Å². The molecule has 1 saturated heterocycles. The van der Waals surface area contributed by atoms with Crippen LogP contribution in [0.5, 0.6) is 11.5 Å². The van der Waals surface area contributed by atoms with Crippen molar-refractivity contribution in [2.24, 2.45) is 0 Å². The fraction of sp³-hybridized carbons (Fsp3) is 0.0769. The van der Waals surface area contributed by atoms with E-state index in [0.717, 1.165) is 9.37 Å². The lowest BCUT2D eigenvalue weighted by Crippen LogP contribution is -2.54. The van der Waals surface area contributed by atoms with Gasteiger partial charge >= 0.3 is 6.03 Å². The highest BCUT2D eigenvalue weighted by Gasteiger charge is 2.37. The van der Waals surface area contributed by atoms with E-state index in [1.165, 1.54) is 13.2 Å². The fourth-order valence-electron chi connectivity index (χ4n) is 3.45. The van der Waals surface area contributed by atoms with Crippen molar-refractivity contribution in [1.82, 2.24) is 5.32 Å². The number of anilines is 2. The lowest BCUT2D eigenvalue weighted by molar-refractivity contribution is -0.122. The number of halogens is 1. The summed E-state index contributed by atoms with van der Waals surface area (Å²) in [5, 5.41) is 4.89. The average Bonchev–Trinajstić information content (AvgIpc) is 2.87. The van der Waals surface area contributed by atoms with E-state index in [1.807, 2.05) is 0 Å². The van der Waals surface area contributed by atoms with E-state index in [0.29, 0.717) is 22.7 Å². The minimum Gasteiger partial charge on any atom is -0.495 e. The van der Waals surface area contributed by atoms with Crippen LogP contribution in [0.2, 0.25) is 0 Å². The van der Waals surface area contributed by atoms with E-state index in [4.69, 9.17) is 9.47 Å². The van der Waals surface area contributed by atoms with Gasteiger partial charge in [0, 0.05) is 10.0 Å². The quantitative estimate of drug-likeness (QED) is 0.338. The number of carbonyl (C=O) groups excluding carboxylic acids is 4. The fourth-order valence-corrected chi connectivity index (χ4v) is 3.71. The Morgan fingerprint density at radius 2 is 1.64 bits per heavy atom. The molecule has 0 spiro atoms.